The lowest BCUT2D eigenvalue weighted by molar-refractivity contribution is -0.384. The molecule has 0 bridgehead atoms. The maximum Gasteiger partial charge on any atom is 0.311 e. The van der Waals surface area contributed by atoms with Crippen LogP contribution in [0.1, 0.15) is 25.7 Å². The molecule has 0 aliphatic heterocycles. The summed E-state index contributed by atoms with van der Waals surface area (Å²) in [6.45, 7) is 0.245. The summed E-state index contributed by atoms with van der Waals surface area (Å²) >= 11 is 0. The van der Waals surface area contributed by atoms with Crippen LogP contribution in [-0.2, 0) is 0 Å². The highest BCUT2D eigenvalue weighted by molar-refractivity contribution is 5.60. The number of nitrogens with zero attached hydrogens (tertiary/aromatic N) is 2. The van der Waals surface area contributed by atoms with Gasteiger partial charge in [0.2, 0.25) is 5.82 Å². The molecule has 0 radical (unpaired) electrons. The van der Waals surface area contributed by atoms with Gasteiger partial charge in [0.25, 0.3) is 0 Å². The highest BCUT2D eigenvalue weighted by Gasteiger charge is 2.31. The number of nitrogen functional groups attached to an aromatic ring is 1. The van der Waals surface area contributed by atoms with E-state index in [-0.39, 0.29) is 18.1 Å². The first-order valence-corrected chi connectivity index (χ1v) is 6.12. The summed E-state index contributed by atoms with van der Waals surface area (Å²) in [5.41, 5.74) is 1.39. The van der Waals surface area contributed by atoms with Crippen molar-refractivity contribution in [3.63, 3.8) is 0 Å². The van der Waals surface area contributed by atoms with Gasteiger partial charge in [-0.25, -0.2) is 10.8 Å². The minimum atomic E-state index is -0.804. The van der Waals surface area contributed by atoms with E-state index in [1.54, 1.807) is 0 Å². The molecule has 0 aromatic carbocycles. The predicted octanol–water partition coefficient (Wildman–Crippen LogP) is 0.992. The SMILES string of the molecule is NNc1ccc([N+](=O)[O-])c(NCC2(O)CCCC2)n1. The van der Waals surface area contributed by atoms with Crippen LogP contribution in [0.3, 0.4) is 0 Å². The zero-order valence-corrected chi connectivity index (χ0v) is 10.4. The summed E-state index contributed by atoms with van der Waals surface area (Å²) in [5, 5.41) is 24.0. The van der Waals surface area contributed by atoms with Gasteiger partial charge < -0.3 is 15.8 Å². The normalized spacial score (nSPS) is 17.2. The van der Waals surface area contributed by atoms with Gasteiger partial charge in [0.15, 0.2) is 0 Å². The summed E-state index contributed by atoms with van der Waals surface area (Å²) in [4.78, 5) is 14.4. The molecular weight excluding hydrogens is 250 g/mol. The van der Waals surface area contributed by atoms with Crippen molar-refractivity contribution in [3.05, 3.63) is 22.2 Å². The van der Waals surface area contributed by atoms with Crippen molar-refractivity contribution < 1.29 is 10.0 Å². The van der Waals surface area contributed by atoms with Crippen LogP contribution in [-0.4, -0.2) is 27.2 Å². The summed E-state index contributed by atoms with van der Waals surface area (Å²) in [7, 11) is 0. The molecule has 8 nitrogen and oxygen atoms in total. The topological polar surface area (TPSA) is 126 Å². The summed E-state index contributed by atoms with van der Waals surface area (Å²) in [6, 6.07) is 2.75. The van der Waals surface area contributed by atoms with E-state index in [4.69, 9.17) is 5.84 Å². The van der Waals surface area contributed by atoms with Crippen LogP contribution in [0, 0.1) is 10.1 Å². The molecule has 0 spiro atoms. The molecule has 0 saturated heterocycles. The first-order chi connectivity index (χ1) is 9.04. The first kappa shape index (κ1) is 13.5. The van der Waals surface area contributed by atoms with Crippen LogP contribution in [0.2, 0.25) is 0 Å². The minimum absolute atomic E-state index is 0.112. The van der Waals surface area contributed by atoms with Gasteiger partial charge in [-0.05, 0) is 18.9 Å². The molecule has 8 heteroatoms. The van der Waals surface area contributed by atoms with Gasteiger partial charge in [-0.3, -0.25) is 10.1 Å². The Bertz CT molecular complexity index is 473. The third kappa shape index (κ3) is 3.09. The van der Waals surface area contributed by atoms with Gasteiger partial charge in [-0.1, -0.05) is 12.8 Å². The van der Waals surface area contributed by atoms with E-state index in [0.29, 0.717) is 18.7 Å². The van der Waals surface area contributed by atoms with Crippen LogP contribution in [0.15, 0.2) is 12.1 Å². The molecule has 104 valence electrons. The third-order valence-corrected chi connectivity index (χ3v) is 3.34. The van der Waals surface area contributed by atoms with Gasteiger partial charge in [0.1, 0.15) is 5.82 Å². The zero-order valence-electron chi connectivity index (χ0n) is 10.4. The van der Waals surface area contributed by atoms with E-state index in [1.165, 1.54) is 12.1 Å². The maximum atomic E-state index is 10.9. The molecule has 5 N–H and O–H groups in total. The van der Waals surface area contributed by atoms with Crippen molar-refractivity contribution in [2.45, 2.75) is 31.3 Å². The Kier molecular flexibility index (Phi) is 3.82. The summed E-state index contributed by atoms with van der Waals surface area (Å²) in [5.74, 6) is 5.67. The van der Waals surface area contributed by atoms with Crippen LogP contribution >= 0.6 is 0 Å². The average molecular weight is 267 g/mol. The number of pyridine rings is 1. The molecule has 0 amide bonds. The van der Waals surface area contributed by atoms with Gasteiger partial charge >= 0.3 is 5.69 Å². The zero-order chi connectivity index (χ0) is 13.9. The Morgan fingerprint density at radius 3 is 2.74 bits per heavy atom. The summed E-state index contributed by atoms with van der Waals surface area (Å²) in [6.07, 6.45) is 3.33. The second-order valence-electron chi connectivity index (χ2n) is 4.75. The quantitative estimate of drug-likeness (QED) is 0.356. The number of nitrogens with one attached hydrogen (secondary N) is 2. The van der Waals surface area contributed by atoms with Crippen molar-refractivity contribution in [2.75, 3.05) is 17.3 Å². The standard InChI is InChI=1S/C11H17N5O3/c12-15-9-4-3-8(16(18)19)10(14-9)13-7-11(17)5-1-2-6-11/h3-4,17H,1-2,5-7,12H2,(H2,13,14,15). The van der Waals surface area contributed by atoms with E-state index >= 15 is 0 Å². The molecule has 1 heterocycles. The third-order valence-electron chi connectivity index (χ3n) is 3.34. The first-order valence-electron chi connectivity index (χ1n) is 6.12. The number of aromatic nitrogens is 1. The molecule has 1 aromatic heterocycles. The maximum absolute atomic E-state index is 10.9. The van der Waals surface area contributed by atoms with Crippen molar-refractivity contribution in [1.29, 1.82) is 0 Å². The van der Waals surface area contributed by atoms with Crippen molar-refractivity contribution in [3.8, 4) is 0 Å². The van der Waals surface area contributed by atoms with Gasteiger partial charge in [0, 0.05) is 12.6 Å². The van der Waals surface area contributed by atoms with Crippen LogP contribution in [0.25, 0.3) is 0 Å². The second-order valence-corrected chi connectivity index (χ2v) is 4.75. The summed E-state index contributed by atoms with van der Waals surface area (Å²) < 4.78 is 0. The number of hydrazine groups is 1. The Labute approximate surface area is 110 Å². The van der Waals surface area contributed by atoms with Crippen LogP contribution in [0.5, 0.6) is 0 Å². The predicted molar refractivity (Wildman–Crippen MR) is 70.6 cm³/mol. The van der Waals surface area contributed by atoms with Gasteiger partial charge in [0.05, 0.1) is 10.5 Å². The van der Waals surface area contributed by atoms with Crippen molar-refractivity contribution >= 4 is 17.3 Å². The fourth-order valence-corrected chi connectivity index (χ4v) is 2.27. The minimum Gasteiger partial charge on any atom is -0.388 e. The lowest BCUT2D eigenvalue weighted by Crippen LogP contribution is -2.33. The lowest BCUT2D eigenvalue weighted by Gasteiger charge is -2.22. The number of nitrogens with two attached hydrogens (primary N) is 1. The van der Waals surface area contributed by atoms with Crippen molar-refractivity contribution in [1.82, 2.24) is 4.98 Å². The van der Waals surface area contributed by atoms with E-state index in [1.807, 2.05) is 0 Å². The van der Waals surface area contributed by atoms with E-state index < -0.39 is 10.5 Å². The molecule has 1 aliphatic carbocycles. The highest BCUT2D eigenvalue weighted by Crippen LogP contribution is 2.31. The molecule has 0 atom stereocenters. The lowest BCUT2D eigenvalue weighted by atomic mass is 10.0. The molecule has 1 saturated carbocycles. The average Bonchev–Trinajstić information content (AvgIpc) is 2.83. The van der Waals surface area contributed by atoms with Crippen molar-refractivity contribution in [2.24, 2.45) is 5.84 Å². The van der Waals surface area contributed by atoms with Gasteiger partial charge in [-0.2, -0.15) is 0 Å². The molecule has 1 fully saturated rings. The van der Waals surface area contributed by atoms with E-state index in [0.717, 1.165) is 12.8 Å². The largest absolute Gasteiger partial charge is 0.388 e. The molecule has 0 unspecified atom stereocenters. The molecule has 1 aromatic rings. The Morgan fingerprint density at radius 2 is 2.16 bits per heavy atom. The number of hydrogen-bond acceptors (Lipinski definition) is 7. The fraction of sp³-hybridized carbons (Fsp3) is 0.545. The smallest absolute Gasteiger partial charge is 0.311 e. The number of aliphatic hydroxyl groups is 1. The highest BCUT2D eigenvalue weighted by atomic mass is 16.6. The fourth-order valence-electron chi connectivity index (χ4n) is 2.27. The Hall–Kier alpha value is -1.93. The molecule has 19 heavy (non-hydrogen) atoms. The van der Waals surface area contributed by atoms with E-state index in [2.05, 4.69) is 15.7 Å². The Balaban J connectivity index is 2.15. The number of rotatable bonds is 5. The van der Waals surface area contributed by atoms with Crippen LogP contribution in [0.4, 0.5) is 17.3 Å². The number of hydrogen-bond donors (Lipinski definition) is 4. The van der Waals surface area contributed by atoms with E-state index in [9.17, 15) is 15.2 Å². The van der Waals surface area contributed by atoms with Crippen LogP contribution < -0.4 is 16.6 Å². The number of anilines is 2. The van der Waals surface area contributed by atoms with Gasteiger partial charge in [-0.15, -0.1) is 0 Å². The molecular formula is C11H17N5O3. The second kappa shape index (κ2) is 5.37. The molecule has 2 rings (SSSR count). The Morgan fingerprint density at radius 1 is 1.47 bits per heavy atom. The monoisotopic (exact) mass is 267 g/mol. The number of nitro groups is 1. The molecule has 1 aliphatic rings.